The van der Waals surface area contributed by atoms with Crippen molar-refractivity contribution >= 4 is 5.78 Å². The average molecular weight is 278 g/mol. The predicted molar refractivity (Wildman–Crippen MR) is 80.6 cm³/mol. The van der Waals surface area contributed by atoms with Crippen LogP contribution in [-0.2, 0) is 15.4 Å². The second-order valence-corrected chi connectivity index (χ2v) is 6.32. The first-order valence-electron chi connectivity index (χ1n) is 7.16. The molecule has 0 fully saturated rings. The largest absolute Gasteiger partial charge is 0.295 e. The van der Waals surface area contributed by atoms with E-state index in [1.807, 2.05) is 52.0 Å². The number of carbonyl (C=O) groups is 1. The highest BCUT2D eigenvalue weighted by molar-refractivity contribution is 5.94. The molecule has 0 aliphatic rings. The Kier molecular flexibility index (Phi) is 5.49. The Labute approximate surface area is 122 Å². The Hall–Kier alpha value is -1.19. The lowest BCUT2D eigenvalue weighted by atomic mass is 9.95. The Balaban J connectivity index is 2.83. The van der Waals surface area contributed by atoms with E-state index >= 15 is 0 Å². The molecule has 0 saturated carbocycles. The molecule has 20 heavy (non-hydrogen) atoms. The third kappa shape index (κ3) is 4.73. The Morgan fingerprint density at radius 2 is 1.80 bits per heavy atom. The maximum Gasteiger partial charge on any atom is 0.159 e. The lowest BCUT2D eigenvalue weighted by Gasteiger charge is -2.31. The molecule has 0 bridgehead atoms. The lowest BCUT2D eigenvalue weighted by molar-refractivity contribution is -0.406. The van der Waals surface area contributed by atoms with Gasteiger partial charge in [-0.3, -0.25) is 4.79 Å². The van der Waals surface area contributed by atoms with Gasteiger partial charge in [0.2, 0.25) is 0 Å². The van der Waals surface area contributed by atoms with Crippen LogP contribution in [0.2, 0.25) is 0 Å². The fraction of sp³-hybridized carbons (Fsp3) is 0.588. The molecule has 0 spiro atoms. The minimum atomic E-state index is -0.601. The van der Waals surface area contributed by atoms with Gasteiger partial charge in [0.05, 0.1) is 5.60 Å². The molecule has 1 rings (SSSR count). The summed E-state index contributed by atoms with van der Waals surface area (Å²) >= 11 is 0. The molecule has 0 aliphatic carbocycles. The van der Waals surface area contributed by atoms with E-state index in [0.29, 0.717) is 5.56 Å². The van der Waals surface area contributed by atoms with Crippen LogP contribution in [0.5, 0.6) is 0 Å². The van der Waals surface area contributed by atoms with Gasteiger partial charge >= 0.3 is 0 Å². The second-order valence-electron chi connectivity index (χ2n) is 6.32. The van der Waals surface area contributed by atoms with Gasteiger partial charge in [-0.15, -0.1) is 0 Å². The van der Waals surface area contributed by atoms with Gasteiger partial charge in [-0.2, -0.15) is 0 Å². The summed E-state index contributed by atoms with van der Waals surface area (Å²) in [7, 11) is 0. The molecule has 0 atom stereocenters. The molecule has 0 N–H and O–H groups in total. The lowest BCUT2D eigenvalue weighted by Crippen LogP contribution is -2.31. The molecule has 1 aromatic carbocycles. The molecule has 0 aromatic heterocycles. The average Bonchev–Trinajstić information content (AvgIpc) is 2.37. The predicted octanol–water partition coefficient (Wildman–Crippen LogP) is 4.65. The zero-order valence-electron chi connectivity index (χ0n) is 13.4. The highest BCUT2D eigenvalue weighted by Crippen LogP contribution is 2.29. The van der Waals surface area contributed by atoms with E-state index in [1.165, 1.54) is 0 Å². The van der Waals surface area contributed by atoms with Gasteiger partial charge in [0.1, 0.15) is 5.60 Å². The summed E-state index contributed by atoms with van der Waals surface area (Å²) < 4.78 is 0. The van der Waals surface area contributed by atoms with Crippen LogP contribution in [0.1, 0.15) is 70.3 Å². The van der Waals surface area contributed by atoms with E-state index in [2.05, 4.69) is 6.92 Å². The number of benzene rings is 1. The SMILES string of the molecule is CCCC(C)(C)OOC(C)(C)c1cccc(C(C)=O)c1. The van der Waals surface area contributed by atoms with Gasteiger partial charge < -0.3 is 0 Å². The summed E-state index contributed by atoms with van der Waals surface area (Å²) in [5.74, 6) is 0.0508. The van der Waals surface area contributed by atoms with Crippen LogP contribution in [0.25, 0.3) is 0 Å². The number of carbonyl (C=O) groups excluding carboxylic acids is 1. The van der Waals surface area contributed by atoms with E-state index in [0.717, 1.165) is 18.4 Å². The molecule has 0 aliphatic heterocycles. The van der Waals surface area contributed by atoms with E-state index in [1.54, 1.807) is 6.92 Å². The number of ketones is 1. The highest BCUT2D eigenvalue weighted by atomic mass is 17.2. The monoisotopic (exact) mass is 278 g/mol. The zero-order valence-corrected chi connectivity index (χ0v) is 13.4. The summed E-state index contributed by atoms with van der Waals surface area (Å²) in [6, 6.07) is 7.49. The first kappa shape index (κ1) is 16.9. The van der Waals surface area contributed by atoms with Crippen molar-refractivity contribution in [2.45, 2.75) is 65.6 Å². The van der Waals surface area contributed by atoms with Crippen molar-refractivity contribution in [1.29, 1.82) is 0 Å². The normalized spacial score (nSPS) is 12.5. The van der Waals surface area contributed by atoms with Crippen LogP contribution in [0.3, 0.4) is 0 Å². The van der Waals surface area contributed by atoms with Crippen LogP contribution >= 0.6 is 0 Å². The summed E-state index contributed by atoms with van der Waals surface area (Å²) in [6.07, 6.45) is 1.97. The molecule has 3 heteroatoms. The van der Waals surface area contributed by atoms with Crippen LogP contribution in [0, 0.1) is 0 Å². The van der Waals surface area contributed by atoms with Crippen LogP contribution in [0.4, 0.5) is 0 Å². The minimum Gasteiger partial charge on any atom is -0.295 e. The van der Waals surface area contributed by atoms with Crippen molar-refractivity contribution in [2.75, 3.05) is 0 Å². The first-order valence-corrected chi connectivity index (χ1v) is 7.16. The van der Waals surface area contributed by atoms with Gasteiger partial charge in [-0.05, 0) is 52.7 Å². The van der Waals surface area contributed by atoms with Crippen molar-refractivity contribution in [3.63, 3.8) is 0 Å². The molecule has 0 saturated heterocycles. The number of hydrogen-bond donors (Lipinski definition) is 0. The van der Waals surface area contributed by atoms with Crippen LogP contribution in [0.15, 0.2) is 24.3 Å². The molecule has 0 radical (unpaired) electrons. The fourth-order valence-corrected chi connectivity index (χ4v) is 2.02. The highest BCUT2D eigenvalue weighted by Gasteiger charge is 2.28. The molecule has 0 amide bonds. The third-order valence-electron chi connectivity index (χ3n) is 3.29. The maximum atomic E-state index is 11.5. The molecule has 3 nitrogen and oxygen atoms in total. The second kappa shape index (κ2) is 6.51. The van der Waals surface area contributed by atoms with Gasteiger partial charge in [-0.25, -0.2) is 9.78 Å². The molecular weight excluding hydrogens is 252 g/mol. The molecule has 0 unspecified atom stereocenters. The summed E-state index contributed by atoms with van der Waals surface area (Å²) in [4.78, 5) is 22.7. The molecule has 0 heterocycles. The van der Waals surface area contributed by atoms with E-state index in [4.69, 9.17) is 9.78 Å². The Morgan fingerprint density at radius 3 is 2.35 bits per heavy atom. The molecule has 1 aromatic rings. The topological polar surface area (TPSA) is 35.5 Å². The molecular formula is C17H26O3. The van der Waals surface area contributed by atoms with Crippen molar-refractivity contribution in [3.8, 4) is 0 Å². The molecule has 112 valence electrons. The maximum absolute atomic E-state index is 11.5. The van der Waals surface area contributed by atoms with E-state index < -0.39 is 5.60 Å². The fourth-order valence-electron chi connectivity index (χ4n) is 2.02. The Morgan fingerprint density at radius 1 is 1.15 bits per heavy atom. The number of hydrogen-bond acceptors (Lipinski definition) is 3. The summed E-state index contributed by atoms with van der Waals surface area (Å²) in [5, 5.41) is 0. The quantitative estimate of drug-likeness (QED) is 0.413. The van der Waals surface area contributed by atoms with Gasteiger partial charge in [0.25, 0.3) is 0 Å². The standard InChI is InChI=1S/C17H26O3/c1-7-11-16(3,4)19-20-17(5,6)15-10-8-9-14(12-15)13(2)18/h8-10,12H,7,11H2,1-6H3. The van der Waals surface area contributed by atoms with Crippen molar-refractivity contribution < 1.29 is 14.6 Å². The van der Waals surface area contributed by atoms with Gasteiger partial charge in [-0.1, -0.05) is 31.5 Å². The van der Waals surface area contributed by atoms with Gasteiger partial charge in [0.15, 0.2) is 5.78 Å². The van der Waals surface area contributed by atoms with Crippen molar-refractivity contribution in [3.05, 3.63) is 35.4 Å². The number of Topliss-reactive ketones (excluding diaryl/α,β-unsaturated/α-hetero) is 1. The van der Waals surface area contributed by atoms with E-state index in [-0.39, 0.29) is 11.4 Å². The van der Waals surface area contributed by atoms with Crippen LogP contribution < -0.4 is 0 Å². The summed E-state index contributed by atoms with van der Waals surface area (Å²) in [6.45, 7) is 11.6. The van der Waals surface area contributed by atoms with Crippen molar-refractivity contribution in [2.24, 2.45) is 0 Å². The number of rotatable bonds is 7. The van der Waals surface area contributed by atoms with Crippen molar-refractivity contribution in [1.82, 2.24) is 0 Å². The third-order valence-corrected chi connectivity index (χ3v) is 3.29. The minimum absolute atomic E-state index is 0.0508. The van der Waals surface area contributed by atoms with Crippen LogP contribution in [-0.4, -0.2) is 11.4 Å². The smallest absolute Gasteiger partial charge is 0.159 e. The Bertz CT molecular complexity index is 461. The van der Waals surface area contributed by atoms with Gasteiger partial charge in [0, 0.05) is 5.56 Å². The van der Waals surface area contributed by atoms with E-state index in [9.17, 15) is 4.79 Å². The first-order chi connectivity index (χ1) is 9.18. The zero-order chi connectivity index (χ0) is 15.4. The summed E-state index contributed by atoms with van der Waals surface area (Å²) in [5.41, 5.74) is 0.699.